The van der Waals surface area contributed by atoms with Gasteiger partial charge in [-0.1, -0.05) is 62.4 Å². The highest BCUT2D eigenvalue weighted by Gasteiger charge is 2.37. The third-order valence-electron chi connectivity index (χ3n) is 6.72. The van der Waals surface area contributed by atoms with Crippen LogP contribution in [0.25, 0.3) is 22.2 Å². The summed E-state index contributed by atoms with van der Waals surface area (Å²) in [5.74, 6) is 0.948. The van der Waals surface area contributed by atoms with Crippen LogP contribution >= 0.6 is 0 Å². The highest BCUT2D eigenvalue weighted by Crippen LogP contribution is 2.52. The van der Waals surface area contributed by atoms with E-state index in [0.29, 0.717) is 11.2 Å². The Morgan fingerprint density at radius 3 is 2.50 bits per heavy atom. The van der Waals surface area contributed by atoms with Gasteiger partial charge in [-0.25, -0.2) is 9.97 Å². The molecule has 1 aliphatic rings. The lowest BCUT2D eigenvalue weighted by atomic mass is 9.73. The maximum atomic E-state index is 10.3. The highest BCUT2D eigenvalue weighted by atomic mass is 16.3. The van der Waals surface area contributed by atoms with E-state index in [2.05, 4.69) is 66.2 Å². The lowest BCUT2D eigenvalue weighted by Crippen LogP contribution is -2.31. The highest BCUT2D eigenvalue weighted by molar-refractivity contribution is 5.89. The molecule has 0 spiro atoms. The van der Waals surface area contributed by atoms with Crippen molar-refractivity contribution in [2.24, 2.45) is 0 Å². The molecule has 0 saturated carbocycles. The van der Waals surface area contributed by atoms with Crippen LogP contribution in [0.2, 0.25) is 0 Å². The van der Waals surface area contributed by atoms with Crippen LogP contribution in [-0.2, 0) is 5.41 Å². The van der Waals surface area contributed by atoms with Crippen LogP contribution < -0.4 is 10.6 Å². The number of phenols is 1. The Balaban J connectivity index is 1.60. The van der Waals surface area contributed by atoms with Gasteiger partial charge >= 0.3 is 0 Å². The zero-order chi connectivity index (χ0) is 23.4. The topological polar surface area (TPSA) is 75.3 Å². The molecule has 5 aromatic rings. The number of aromatic nitrogens is 2. The number of pyridine rings is 2. The third kappa shape index (κ3) is 3.01. The molecule has 166 valence electrons. The molecule has 0 bridgehead atoms. The summed E-state index contributed by atoms with van der Waals surface area (Å²) in [6, 6.07) is 28.0. The average Bonchev–Trinajstić information content (AvgIpc) is 2.84. The SMILES string of the molecule is CC1(C)c2ccccc2N(c2cc(N)ccn2)c2cc(-c3ccc4cccc(O)c4n3)ccc21. The molecule has 0 atom stereocenters. The monoisotopic (exact) mass is 444 g/mol. The molecule has 0 amide bonds. The summed E-state index contributed by atoms with van der Waals surface area (Å²) in [5.41, 5.74) is 13.5. The molecule has 0 radical (unpaired) electrons. The van der Waals surface area contributed by atoms with Crippen molar-refractivity contribution in [2.75, 3.05) is 10.6 Å². The maximum absolute atomic E-state index is 10.3. The summed E-state index contributed by atoms with van der Waals surface area (Å²) in [7, 11) is 0. The molecule has 3 N–H and O–H groups in total. The minimum absolute atomic E-state index is 0.179. The van der Waals surface area contributed by atoms with Crippen molar-refractivity contribution >= 4 is 33.8 Å². The summed E-state index contributed by atoms with van der Waals surface area (Å²) in [6.45, 7) is 4.50. The third-order valence-corrected chi connectivity index (χ3v) is 6.72. The summed E-state index contributed by atoms with van der Waals surface area (Å²) in [5, 5.41) is 11.2. The van der Waals surface area contributed by atoms with Crippen molar-refractivity contribution in [3.63, 3.8) is 0 Å². The van der Waals surface area contributed by atoms with Crippen LogP contribution in [0.15, 0.2) is 91.1 Å². The first-order valence-corrected chi connectivity index (χ1v) is 11.3. The summed E-state index contributed by atoms with van der Waals surface area (Å²) in [4.78, 5) is 11.6. The summed E-state index contributed by atoms with van der Waals surface area (Å²) < 4.78 is 0. The Labute approximate surface area is 198 Å². The van der Waals surface area contributed by atoms with E-state index >= 15 is 0 Å². The van der Waals surface area contributed by atoms with E-state index in [9.17, 15) is 5.11 Å². The van der Waals surface area contributed by atoms with Crippen molar-refractivity contribution in [2.45, 2.75) is 19.3 Å². The molecule has 0 saturated heterocycles. The molecule has 5 heteroatoms. The minimum Gasteiger partial charge on any atom is -0.506 e. The van der Waals surface area contributed by atoms with Gasteiger partial charge in [-0.2, -0.15) is 0 Å². The first kappa shape index (κ1) is 20.2. The van der Waals surface area contributed by atoms with Crippen molar-refractivity contribution in [3.05, 3.63) is 102 Å². The first-order chi connectivity index (χ1) is 16.4. The van der Waals surface area contributed by atoms with E-state index in [1.54, 1.807) is 18.3 Å². The number of hydrogen-bond donors (Lipinski definition) is 2. The van der Waals surface area contributed by atoms with Crippen LogP contribution in [0, 0.1) is 0 Å². The standard InChI is InChI=1S/C29H24N4O/c1-29(2)21-7-3-4-8-24(21)33(27-17-20(30)14-15-31-27)25-16-19(10-12-22(25)29)23-13-11-18-6-5-9-26(34)28(18)32-23/h3-17,34H,1-2H3,(H2,30,31). The number of fused-ring (bicyclic) bond motifs is 3. The maximum Gasteiger partial charge on any atom is 0.141 e. The van der Waals surface area contributed by atoms with Crippen molar-refractivity contribution in [1.82, 2.24) is 9.97 Å². The van der Waals surface area contributed by atoms with Gasteiger partial charge in [0.1, 0.15) is 17.1 Å². The first-order valence-electron chi connectivity index (χ1n) is 11.3. The Bertz CT molecular complexity index is 1570. The van der Waals surface area contributed by atoms with E-state index in [1.165, 1.54) is 11.1 Å². The van der Waals surface area contributed by atoms with Crippen molar-refractivity contribution < 1.29 is 5.11 Å². The molecule has 0 aliphatic carbocycles. The second kappa shape index (κ2) is 7.32. The predicted octanol–water partition coefficient (Wildman–Crippen LogP) is 6.69. The molecule has 0 fully saturated rings. The van der Waals surface area contributed by atoms with Crippen LogP contribution in [-0.4, -0.2) is 15.1 Å². The second-order valence-electron chi connectivity index (χ2n) is 9.20. The van der Waals surface area contributed by atoms with E-state index in [1.807, 2.05) is 30.3 Å². The lowest BCUT2D eigenvalue weighted by Gasteiger charge is -2.41. The smallest absolute Gasteiger partial charge is 0.141 e. The Hall–Kier alpha value is -4.38. The number of nitrogen functional groups attached to an aromatic ring is 1. The zero-order valence-corrected chi connectivity index (χ0v) is 19.0. The minimum atomic E-state index is -0.198. The number of phenolic OH excluding ortho intramolecular Hbond substituents is 1. The molecular weight excluding hydrogens is 420 g/mol. The van der Waals surface area contributed by atoms with Gasteiger partial charge in [-0.15, -0.1) is 0 Å². The van der Waals surface area contributed by atoms with Crippen LogP contribution in [0.4, 0.5) is 22.9 Å². The molecule has 2 aromatic heterocycles. The second-order valence-corrected chi connectivity index (χ2v) is 9.20. The van der Waals surface area contributed by atoms with Crippen LogP contribution in [0.3, 0.4) is 0 Å². The van der Waals surface area contributed by atoms with E-state index in [0.717, 1.165) is 33.8 Å². The number of aromatic hydroxyl groups is 1. The Kier molecular flexibility index (Phi) is 4.36. The molecule has 5 nitrogen and oxygen atoms in total. The van der Waals surface area contributed by atoms with Gasteiger partial charge in [0.25, 0.3) is 0 Å². The summed E-state index contributed by atoms with van der Waals surface area (Å²) >= 11 is 0. The predicted molar refractivity (Wildman–Crippen MR) is 138 cm³/mol. The molecule has 1 aliphatic heterocycles. The van der Waals surface area contributed by atoms with E-state index in [-0.39, 0.29) is 11.2 Å². The quantitative estimate of drug-likeness (QED) is 0.317. The van der Waals surface area contributed by atoms with E-state index in [4.69, 9.17) is 10.7 Å². The largest absolute Gasteiger partial charge is 0.506 e. The van der Waals surface area contributed by atoms with Crippen molar-refractivity contribution in [3.8, 4) is 17.0 Å². The fraction of sp³-hybridized carbons (Fsp3) is 0.103. The van der Waals surface area contributed by atoms with Gasteiger partial charge in [0.2, 0.25) is 0 Å². The van der Waals surface area contributed by atoms with E-state index < -0.39 is 0 Å². The summed E-state index contributed by atoms with van der Waals surface area (Å²) in [6.07, 6.45) is 1.74. The molecular formula is C29H24N4O. The fourth-order valence-corrected chi connectivity index (χ4v) is 4.97. The number of para-hydroxylation sites is 2. The van der Waals surface area contributed by atoms with Crippen molar-refractivity contribution in [1.29, 1.82) is 0 Å². The van der Waals surface area contributed by atoms with Crippen LogP contribution in [0.5, 0.6) is 5.75 Å². The number of hydrogen-bond acceptors (Lipinski definition) is 5. The lowest BCUT2D eigenvalue weighted by molar-refractivity contribution is 0.480. The number of benzene rings is 3. The van der Waals surface area contributed by atoms with Gasteiger partial charge in [-0.3, -0.25) is 4.90 Å². The molecule has 34 heavy (non-hydrogen) atoms. The van der Waals surface area contributed by atoms with Gasteiger partial charge in [0, 0.05) is 34.3 Å². The van der Waals surface area contributed by atoms with Gasteiger partial charge in [0.15, 0.2) is 0 Å². The van der Waals surface area contributed by atoms with Gasteiger partial charge < -0.3 is 10.8 Å². The number of nitrogens with two attached hydrogens (primary N) is 1. The van der Waals surface area contributed by atoms with Gasteiger partial charge in [-0.05, 0) is 41.5 Å². The molecule has 3 aromatic carbocycles. The Morgan fingerprint density at radius 2 is 1.65 bits per heavy atom. The number of nitrogens with zero attached hydrogens (tertiary/aromatic N) is 3. The zero-order valence-electron chi connectivity index (χ0n) is 19.0. The molecule has 3 heterocycles. The van der Waals surface area contributed by atoms with Gasteiger partial charge in [0.05, 0.1) is 17.1 Å². The fourth-order valence-electron chi connectivity index (χ4n) is 4.97. The normalized spacial score (nSPS) is 14.0. The number of anilines is 4. The Morgan fingerprint density at radius 1 is 0.824 bits per heavy atom. The molecule has 6 rings (SSSR count). The van der Waals surface area contributed by atoms with Crippen LogP contribution in [0.1, 0.15) is 25.0 Å². The average molecular weight is 445 g/mol. The molecule has 0 unspecified atom stereocenters. The number of rotatable bonds is 2.